The maximum absolute atomic E-state index is 15.4. The van der Waals surface area contributed by atoms with E-state index >= 15 is 4.39 Å². The molecule has 11 nitrogen and oxygen atoms in total. The number of aromatic nitrogens is 2. The number of rotatable bonds is 13. The summed E-state index contributed by atoms with van der Waals surface area (Å²) in [4.78, 5) is 41.4. The normalized spacial score (nSPS) is 14.6. The van der Waals surface area contributed by atoms with Crippen molar-refractivity contribution >= 4 is 34.8 Å². The smallest absolute Gasteiger partial charge is 0.262 e. The maximum Gasteiger partial charge on any atom is 0.262 e. The third kappa shape index (κ3) is 8.93. The predicted molar refractivity (Wildman–Crippen MR) is 199 cm³/mol. The fraction of sp³-hybridized carbons (Fsp3) is 0.385. The number of amides is 2. The minimum Gasteiger partial charge on any atom is -0.493 e. The van der Waals surface area contributed by atoms with E-state index in [1.807, 2.05) is 58.0 Å². The number of methoxy groups -OCH3 is 1. The van der Waals surface area contributed by atoms with Crippen molar-refractivity contribution in [2.24, 2.45) is 0 Å². The summed E-state index contributed by atoms with van der Waals surface area (Å²) in [6, 6.07) is 16.4. The number of carbonyl (C=O) groups is 2. The molecule has 0 spiro atoms. The Hall–Kier alpha value is -5.23. The largest absolute Gasteiger partial charge is 0.493 e. The summed E-state index contributed by atoms with van der Waals surface area (Å²) >= 11 is 0. The standard InChI is InChI=1S/C39H48FN7O4/c1-8-46(9-2)35(48)18-14-28-13-17-33(34(21-28)50-7)51-38-30(37(49)43-36-25(3)11-10-12-26(36)4)23-41-39(44-38)42-29-15-16-32(31(40)22-29)47-20-19-45(6)27(5)24-47/h10-13,15-17,21-23,27H,8-9,14,18-20,24H2,1-7H3,(H,43,49)(H,41,42,44). The monoisotopic (exact) mass is 697 g/mol. The van der Waals surface area contributed by atoms with Crippen LogP contribution in [0, 0.1) is 19.7 Å². The Morgan fingerprint density at radius 3 is 2.43 bits per heavy atom. The van der Waals surface area contributed by atoms with Gasteiger partial charge in [0.05, 0.1) is 12.8 Å². The number of aryl methyl sites for hydroxylation is 3. The average molecular weight is 698 g/mol. The van der Waals surface area contributed by atoms with Gasteiger partial charge in [-0.3, -0.25) is 9.59 Å². The van der Waals surface area contributed by atoms with Gasteiger partial charge in [-0.2, -0.15) is 4.98 Å². The lowest BCUT2D eigenvalue weighted by Gasteiger charge is -2.39. The second-order valence-corrected chi connectivity index (χ2v) is 12.9. The van der Waals surface area contributed by atoms with Crippen LogP contribution in [0.3, 0.4) is 0 Å². The van der Waals surface area contributed by atoms with E-state index in [4.69, 9.17) is 9.47 Å². The Kier molecular flexibility index (Phi) is 12.1. The van der Waals surface area contributed by atoms with Crippen LogP contribution in [0.25, 0.3) is 0 Å². The van der Waals surface area contributed by atoms with Crippen LogP contribution in [0.1, 0.15) is 54.2 Å². The molecule has 51 heavy (non-hydrogen) atoms. The van der Waals surface area contributed by atoms with E-state index < -0.39 is 5.91 Å². The van der Waals surface area contributed by atoms with Crippen LogP contribution < -0.4 is 25.0 Å². The molecule has 2 amide bonds. The zero-order valence-electron chi connectivity index (χ0n) is 30.5. The SMILES string of the molecule is CCN(CC)C(=O)CCc1ccc(Oc2nc(Nc3ccc(N4CCN(C)C(C)C4)c(F)c3)ncc2C(=O)Nc2c(C)cccc2C)c(OC)c1. The summed E-state index contributed by atoms with van der Waals surface area (Å²) in [5.41, 5.74) is 4.45. The first-order chi connectivity index (χ1) is 24.5. The molecule has 2 heterocycles. The molecule has 0 radical (unpaired) electrons. The Bertz CT molecular complexity index is 1850. The number of hydrogen-bond acceptors (Lipinski definition) is 9. The van der Waals surface area contributed by atoms with Crippen molar-refractivity contribution in [1.82, 2.24) is 19.8 Å². The predicted octanol–water partition coefficient (Wildman–Crippen LogP) is 6.97. The van der Waals surface area contributed by atoms with Gasteiger partial charge in [-0.05, 0) is 95.1 Å². The highest BCUT2D eigenvalue weighted by atomic mass is 19.1. The molecule has 0 saturated carbocycles. The molecule has 1 aromatic heterocycles. The molecule has 12 heteroatoms. The maximum atomic E-state index is 15.4. The van der Waals surface area contributed by atoms with Crippen LogP contribution in [0.4, 0.5) is 27.4 Å². The highest BCUT2D eigenvalue weighted by Crippen LogP contribution is 2.35. The zero-order chi connectivity index (χ0) is 36.7. The minimum atomic E-state index is -0.462. The highest BCUT2D eigenvalue weighted by molar-refractivity contribution is 6.06. The van der Waals surface area contributed by atoms with Crippen molar-refractivity contribution in [2.75, 3.05) is 62.4 Å². The first-order valence-electron chi connectivity index (χ1n) is 17.4. The lowest BCUT2D eigenvalue weighted by Crippen LogP contribution is -2.50. The third-order valence-electron chi connectivity index (χ3n) is 9.40. The van der Waals surface area contributed by atoms with Gasteiger partial charge in [0.2, 0.25) is 17.7 Å². The van der Waals surface area contributed by atoms with Gasteiger partial charge in [-0.25, -0.2) is 9.37 Å². The summed E-state index contributed by atoms with van der Waals surface area (Å²) in [5.74, 6) is 0.0785. The summed E-state index contributed by atoms with van der Waals surface area (Å²) in [6.45, 7) is 13.5. The number of ether oxygens (including phenoxy) is 2. The van der Waals surface area contributed by atoms with E-state index in [-0.39, 0.29) is 29.1 Å². The van der Waals surface area contributed by atoms with Crippen LogP contribution in [0.2, 0.25) is 0 Å². The fourth-order valence-corrected chi connectivity index (χ4v) is 6.13. The number of piperazine rings is 1. The fourth-order valence-electron chi connectivity index (χ4n) is 6.13. The van der Waals surface area contributed by atoms with Crippen molar-refractivity contribution < 1.29 is 23.5 Å². The second kappa shape index (κ2) is 16.7. The number of halogens is 1. The van der Waals surface area contributed by atoms with Gasteiger partial charge < -0.3 is 34.8 Å². The molecule has 1 saturated heterocycles. The molecule has 1 unspecified atom stereocenters. The van der Waals surface area contributed by atoms with Gasteiger partial charge in [-0.15, -0.1) is 0 Å². The number of carbonyl (C=O) groups excluding carboxylic acids is 2. The molecule has 1 atom stereocenters. The molecule has 0 aliphatic carbocycles. The molecule has 1 aliphatic heterocycles. The summed E-state index contributed by atoms with van der Waals surface area (Å²) in [6.07, 6.45) is 2.27. The van der Waals surface area contributed by atoms with Crippen LogP contribution in [-0.4, -0.2) is 84.5 Å². The number of nitrogens with one attached hydrogen (secondary N) is 2. The molecular weight excluding hydrogens is 649 g/mol. The number of benzene rings is 3. The van der Waals surface area contributed by atoms with Crippen molar-refractivity contribution in [3.05, 3.63) is 88.9 Å². The van der Waals surface area contributed by atoms with Gasteiger partial charge in [0.25, 0.3) is 5.91 Å². The first kappa shape index (κ1) is 37.0. The zero-order valence-corrected chi connectivity index (χ0v) is 30.5. The Morgan fingerprint density at radius 2 is 1.76 bits per heavy atom. The molecule has 5 rings (SSSR count). The van der Waals surface area contributed by atoms with Crippen LogP contribution in [-0.2, 0) is 11.2 Å². The number of para-hydroxylation sites is 1. The van der Waals surface area contributed by atoms with Crippen molar-refractivity contribution in [2.45, 2.75) is 53.5 Å². The van der Waals surface area contributed by atoms with Gasteiger partial charge in [0.15, 0.2) is 11.5 Å². The second-order valence-electron chi connectivity index (χ2n) is 12.9. The van der Waals surface area contributed by atoms with Crippen LogP contribution in [0.5, 0.6) is 17.4 Å². The Balaban J connectivity index is 1.42. The van der Waals surface area contributed by atoms with E-state index in [1.165, 1.54) is 19.4 Å². The number of anilines is 4. The lowest BCUT2D eigenvalue weighted by molar-refractivity contribution is -0.130. The molecule has 1 fully saturated rings. The molecule has 4 aromatic rings. The van der Waals surface area contributed by atoms with E-state index in [1.54, 1.807) is 23.1 Å². The Labute approximate surface area is 299 Å². The summed E-state index contributed by atoms with van der Waals surface area (Å²) < 4.78 is 27.4. The quantitative estimate of drug-likeness (QED) is 0.153. The topological polar surface area (TPSA) is 112 Å². The van der Waals surface area contributed by atoms with E-state index in [9.17, 15) is 9.59 Å². The van der Waals surface area contributed by atoms with E-state index in [0.29, 0.717) is 60.5 Å². The van der Waals surface area contributed by atoms with Gasteiger partial charge in [0, 0.05) is 62.8 Å². The van der Waals surface area contributed by atoms with Crippen molar-refractivity contribution in [3.8, 4) is 17.4 Å². The first-order valence-corrected chi connectivity index (χ1v) is 17.4. The van der Waals surface area contributed by atoms with Crippen LogP contribution in [0.15, 0.2) is 60.8 Å². The van der Waals surface area contributed by atoms with Crippen molar-refractivity contribution in [3.63, 3.8) is 0 Å². The van der Waals surface area contributed by atoms with Gasteiger partial charge in [0.1, 0.15) is 11.4 Å². The van der Waals surface area contributed by atoms with Gasteiger partial charge >= 0.3 is 0 Å². The molecule has 1 aliphatic rings. The third-order valence-corrected chi connectivity index (χ3v) is 9.40. The van der Waals surface area contributed by atoms with E-state index in [2.05, 4.69) is 44.4 Å². The Morgan fingerprint density at radius 1 is 1.02 bits per heavy atom. The van der Waals surface area contributed by atoms with Crippen LogP contribution >= 0.6 is 0 Å². The van der Waals surface area contributed by atoms with E-state index in [0.717, 1.165) is 36.3 Å². The average Bonchev–Trinajstić information content (AvgIpc) is 3.11. The van der Waals surface area contributed by atoms with Gasteiger partial charge in [-0.1, -0.05) is 24.3 Å². The summed E-state index contributed by atoms with van der Waals surface area (Å²) in [7, 11) is 3.60. The highest BCUT2D eigenvalue weighted by Gasteiger charge is 2.24. The number of likely N-dealkylation sites (N-methyl/N-ethyl adjacent to an activating group) is 1. The summed E-state index contributed by atoms with van der Waals surface area (Å²) in [5, 5.41) is 6.05. The van der Waals surface area contributed by atoms with Crippen molar-refractivity contribution in [1.29, 1.82) is 0 Å². The molecule has 2 N–H and O–H groups in total. The molecule has 270 valence electrons. The molecular formula is C39H48FN7O4. The molecule has 0 bridgehead atoms. The number of hydrogen-bond donors (Lipinski definition) is 2. The number of nitrogens with zero attached hydrogens (tertiary/aromatic N) is 5. The minimum absolute atomic E-state index is 0.0254. The lowest BCUT2D eigenvalue weighted by atomic mass is 10.1. The molecule has 3 aromatic carbocycles.